The van der Waals surface area contributed by atoms with E-state index in [0.29, 0.717) is 0 Å². The molecule has 0 unspecified atom stereocenters. The van der Waals surface area contributed by atoms with Crippen molar-refractivity contribution in [1.82, 2.24) is 0 Å². The fraction of sp³-hybridized carbons (Fsp3) is 0.778. The average Bonchev–Trinajstić information content (AvgIpc) is 2.04. The summed E-state index contributed by atoms with van der Waals surface area (Å²) in [7, 11) is 0. The van der Waals surface area contributed by atoms with Gasteiger partial charge in [0.05, 0.1) is 0 Å². The molecule has 1 fully saturated rings. The number of carbonyl (C=O) groups excluding carboxylic acids is 2. The van der Waals surface area contributed by atoms with Crippen LogP contribution in [0.25, 0.3) is 0 Å². The predicted octanol–water partition coefficient (Wildman–Crippen LogP) is 0.867. The number of hydrogen-bond acceptors (Lipinski definition) is 2. The summed E-state index contributed by atoms with van der Waals surface area (Å²) in [5.41, 5.74) is 5.16. The van der Waals surface area contributed by atoms with Gasteiger partial charge in [-0.2, -0.15) is 0 Å². The Hall–Kier alpha value is -0.860. The molecule has 1 aliphatic carbocycles. The fourth-order valence-electron chi connectivity index (χ4n) is 1.78. The van der Waals surface area contributed by atoms with E-state index in [-0.39, 0.29) is 23.5 Å². The standard InChI is InChI=1S/C9H15NO2/c1-6(11)7-2-4-8(5-3-7)9(10)12/h7-8H,2-5H2,1H3,(H2,10,12). The highest BCUT2D eigenvalue weighted by molar-refractivity contribution is 5.80. The summed E-state index contributed by atoms with van der Waals surface area (Å²) in [4.78, 5) is 21.7. The molecule has 0 saturated heterocycles. The number of amides is 1. The summed E-state index contributed by atoms with van der Waals surface area (Å²) in [5.74, 6) is 0.233. The van der Waals surface area contributed by atoms with E-state index in [9.17, 15) is 9.59 Å². The van der Waals surface area contributed by atoms with Crippen molar-refractivity contribution < 1.29 is 9.59 Å². The molecule has 2 N–H and O–H groups in total. The summed E-state index contributed by atoms with van der Waals surface area (Å²) in [6, 6.07) is 0. The molecule has 0 bridgehead atoms. The third-order valence-corrected chi connectivity index (χ3v) is 2.70. The minimum absolute atomic E-state index is 0.0144. The summed E-state index contributed by atoms with van der Waals surface area (Å²) in [5, 5.41) is 0. The van der Waals surface area contributed by atoms with E-state index in [2.05, 4.69) is 0 Å². The van der Waals surface area contributed by atoms with Crippen molar-refractivity contribution in [3.63, 3.8) is 0 Å². The Labute approximate surface area is 72.3 Å². The average molecular weight is 169 g/mol. The molecule has 1 rings (SSSR count). The van der Waals surface area contributed by atoms with E-state index < -0.39 is 0 Å². The Morgan fingerprint density at radius 2 is 1.50 bits per heavy atom. The molecule has 0 heterocycles. The minimum atomic E-state index is -0.211. The zero-order chi connectivity index (χ0) is 9.14. The topological polar surface area (TPSA) is 60.2 Å². The lowest BCUT2D eigenvalue weighted by molar-refractivity contribution is -0.126. The van der Waals surface area contributed by atoms with Crippen molar-refractivity contribution in [3.05, 3.63) is 0 Å². The van der Waals surface area contributed by atoms with Gasteiger partial charge >= 0.3 is 0 Å². The van der Waals surface area contributed by atoms with Gasteiger partial charge in [0.25, 0.3) is 0 Å². The second-order valence-corrected chi connectivity index (χ2v) is 3.56. The summed E-state index contributed by atoms with van der Waals surface area (Å²) in [6.45, 7) is 1.62. The van der Waals surface area contributed by atoms with Crippen molar-refractivity contribution in [2.24, 2.45) is 17.6 Å². The largest absolute Gasteiger partial charge is 0.369 e. The number of hydrogen-bond donors (Lipinski definition) is 1. The first kappa shape index (κ1) is 9.23. The van der Waals surface area contributed by atoms with Crippen LogP contribution in [0.3, 0.4) is 0 Å². The van der Waals surface area contributed by atoms with Crippen LogP contribution in [0, 0.1) is 11.8 Å². The van der Waals surface area contributed by atoms with Crippen molar-refractivity contribution >= 4 is 11.7 Å². The van der Waals surface area contributed by atoms with Gasteiger partial charge < -0.3 is 5.73 Å². The van der Waals surface area contributed by atoms with Gasteiger partial charge in [-0.25, -0.2) is 0 Å². The number of primary amides is 1. The Bertz CT molecular complexity index is 171. The lowest BCUT2D eigenvalue weighted by Gasteiger charge is -2.24. The van der Waals surface area contributed by atoms with Crippen LogP contribution in [0.2, 0.25) is 0 Å². The lowest BCUT2D eigenvalue weighted by Crippen LogP contribution is -2.29. The van der Waals surface area contributed by atoms with Crippen LogP contribution < -0.4 is 5.73 Å². The van der Waals surface area contributed by atoms with E-state index in [1.165, 1.54) is 0 Å². The zero-order valence-corrected chi connectivity index (χ0v) is 7.38. The van der Waals surface area contributed by atoms with Crippen molar-refractivity contribution in [1.29, 1.82) is 0 Å². The van der Waals surface area contributed by atoms with Crippen LogP contribution in [0.4, 0.5) is 0 Å². The van der Waals surface area contributed by atoms with Crippen LogP contribution in [0.5, 0.6) is 0 Å². The maximum Gasteiger partial charge on any atom is 0.220 e. The maximum absolute atomic E-state index is 11.0. The number of ketones is 1. The number of rotatable bonds is 2. The van der Waals surface area contributed by atoms with E-state index in [1.807, 2.05) is 0 Å². The first-order chi connectivity index (χ1) is 5.61. The number of nitrogens with two attached hydrogens (primary N) is 1. The molecule has 0 radical (unpaired) electrons. The molecule has 68 valence electrons. The third-order valence-electron chi connectivity index (χ3n) is 2.70. The molecule has 0 aromatic heterocycles. The fourth-order valence-corrected chi connectivity index (χ4v) is 1.78. The highest BCUT2D eigenvalue weighted by Gasteiger charge is 2.26. The van der Waals surface area contributed by atoms with Crippen molar-refractivity contribution in [2.75, 3.05) is 0 Å². The normalized spacial score (nSPS) is 29.8. The van der Waals surface area contributed by atoms with Gasteiger partial charge in [0, 0.05) is 11.8 Å². The van der Waals surface area contributed by atoms with E-state index in [1.54, 1.807) is 6.92 Å². The molecule has 0 spiro atoms. The van der Waals surface area contributed by atoms with Gasteiger partial charge in [0.2, 0.25) is 5.91 Å². The molecule has 3 nitrogen and oxygen atoms in total. The summed E-state index contributed by atoms with van der Waals surface area (Å²) in [6.07, 6.45) is 3.26. The van der Waals surface area contributed by atoms with Crippen LogP contribution in [-0.4, -0.2) is 11.7 Å². The van der Waals surface area contributed by atoms with Gasteiger partial charge in [-0.15, -0.1) is 0 Å². The van der Waals surface area contributed by atoms with E-state index in [4.69, 9.17) is 5.73 Å². The lowest BCUT2D eigenvalue weighted by atomic mass is 9.80. The molecule has 0 aliphatic heterocycles. The summed E-state index contributed by atoms with van der Waals surface area (Å²) >= 11 is 0. The quantitative estimate of drug-likeness (QED) is 0.666. The SMILES string of the molecule is CC(=O)C1CCC(C(N)=O)CC1. The predicted molar refractivity (Wildman–Crippen MR) is 45.3 cm³/mol. The zero-order valence-electron chi connectivity index (χ0n) is 7.38. The molecule has 1 aliphatic rings. The summed E-state index contributed by atoms with van der Waals surface area (Å²) < 4.78 is 0. The molecular formula is C9H15NO2. The molecule has 1 saturated carbocycles. The van der Waals surface area contributed by atoms with Crippen LogP contribution >= 0.6 is 0 Å². The second-order valence-electron chi connectivity index (χ2n) is 3.56. The Morgan fingerprint density at radius 1 is 1.08 bits per heavy atom. The monoisotopic (exact) mass is 169 g/mol. The molecule has 0 aromatic carbocycles. The maximum atomic E-state index is 11.0. The minimum Gasteiger partial charge on any atom is -0.369 e. The number of Topliss-reactive ketones (excluding diaryl/α,β-unsaturated/α-hetero) is 1. The van der Waals surface area contributed by atoms with Gasteiger partial charge in [0.15, 0.2) is 0 Å². The second kappa shape index (κ2) is 3.70. The third kappa shape index (κ3) is 2.06. The first-order valence-corrected chi connectivity index (χ1v) is 4.41. The highest BCUT2D eigenvalue weighted by Crippen LogP contribution is 2.28. The van der Waals surface area contributed by atoms with Gasteiger partial charge in [0.1, 0.15) is 5.78 Å². The van der Waals surface area contributed by atoms with Crippen molar-refractivity contribution in [2.45, 2.75) is 32.6 Å². The van der Waals surface area contributed by atoms with E-state index >= 15 is 0 Å². The molecule has 12 heavy (non-hydrogen) atoms. The van der Waals surface area contributed by atoms with Gasteiger partial charge in [-0.3, -0.25) is 9.59 Å². The smallest absolute Gasteiger partial charge is 0.220 e. The Kier molecular flexibility index (Phi) is 2.84. The molecular weight excluding hydrogens is 154 g/mol. The molecule has 0 atom stereocenters. The van der Waals surface area contributed by atoms with Crippen LogP contribution in [0.15, 0.2) is 0 Å². The van der Waals surface area contributed by atoms with Gasteiger partial charge in [-0.1, -0.05) is 0 Å². The van der Waals surface area contributed by atoms with Gasteiger partial charge in [-0.05, 0) is 32.6 Å². The Morgan fingerprint density at radius 3 is 1.83 bits per heavy atom. The molecule has 0 aromatic rings. The molecule has 3 heteroatoms. The van der Waals surface area contributed by atoms with Crippen LogP contribution in [-0.2, 0) is 9.59 Å². The Balaban J connectivity index is 2.39. The van der Waals surface area contributed by atoms with E-state index in [0.717, 1.165) is 25.7 Å². The first-order valence-electron chi connectivity index (χ1n) is 4.41. The number of carbonyl (C=O) groups is 2. The molecule has 1 amide bonds. The van der Waals surface area contributed by atoms with Crippen molar-refractivity contribution in [3.8, 4) is 0 Å². The highest BCUT2D eigenvalue weighted by atomic mass is 16.1. The van der Waals surface area contributed by atoms with Crippen LogP contribution in [0.1, 0.15) is 32.6 Å².